The second kappa shape index (κ2) is 3.20. The summed E-state index contributed by atoms with van der Waals surface area (Å²) in [5.74, 6) is -0.391. The minimum absolute atomic E-state index is 0.151. The van der Waals surface area contributed by atoms with Crippen LogP contribution in [-0.4, -0.2) is 29.6 Å². The van der Waals surface area contributed by atoms with E-state index in [-0.39, 0.29) is 6.04 Å². The largest absolute Gasteiger partial charge is 0.366 e. The lowest BCUT2D eigenvalue weighted by Crippen LogP contribution is -2.41. The van der Waals surface area contributed by atoms with E-state index in [0.29, 0.717) is 12.1 Å². The molecule has 0 spiro atoms. The average Bonchev–Trinajstić information content (AvgIpc) is 2.29. The molecule has 1 aliphatic carbocycles. The summed E-state index contributed by atoms with van der Waals surface area (Å²) < 4.78 is 0. The molecule has 1 amide bonds. The standard InChI is InChI=1S/C12H11N3O/c13-12(16)9-6-8-2-1-3-10-11(8)15(7-9)5-4-14-10/h1-4,6-7,11H,5H2,(H2,13,16). The highest BCUT2D eigenvalue weighted by atomic mass is 16.1. The first-order valence-corrected chi connectivity index (χ1v) is 5.15. The molecular weight excluding hydrogens is 202 g/mol. The molecule has 0 saturated carbocycles. The van der Waals surface area contributed by atoms with E-state index in [1.54, 1.807) is 0 Å². The smallest absolute Gasteiger partial charge is 0.250 e. The Morgan fingerprint density at radius 1 is 1.56 bits per heavy atom. The minimum atomic E-state index is -0.391. The normalized spacial score (nSPS) is 25.6. The third kappa shape index (κ3) is 1.23. The second-order valence-electron chi connectivity index (χ2n) is 3.95. The van der Waals surface area contributed by atoms with Crippen molar-refractivity contribution >= 4 is 12.1 Å². The Balaban J connectivity index is 2.11. The third-order valence-electron chi connectivity index (χ3n) is 2.93. The number of hydrogen-bond donors (Lipinski definition) is 1. The van der Waals surface area contributed by atoms with E-state index in [1.807, 2.05) is 36.7 Å². The van der Waals surface area contributed by atoms with E-state index in [4.69, 9.17) is 5.73 Å². The van der Waals surface area contributed by atoms with Crippen LogP contribution in [0.5, 0.6) is 0 Å². The number of nitrogens with two attached hydrogens (primary N) is 1. The third-order valence-corrected chi connectivity index (χ3v) is 2.93. The molecule has 4 nitrogen and oxygen atoms in total. The second-order valence-corrected chi connectivity index (χ2v) is 3.95. The van der Waals surface area contributed by atoms with E-state index in [1.165, 1.54) is 0 Å². The number of nitrogens with zero attached hydrogens (tertiary/aromatic N) is 2. The molecule has 0 saturated heterocycles. The molecule has 0 aromatic heterocycles. The molecule has 3 rings (SSSR count). The van der Waals surface area contributed by atoms with Gasteiger partial charge < -0.3 is 10.6 Å². The van der Waals surface area contributed by atoms with Crippen LogP contribution in [-0.2, 0) is 4.79 Å². The number of hydrogen-bond acceptors (Lipinski definition) is 3. The molecule has 3 aliphatic rings. The fraction of sp³-hybridized carbons (Fsp3) is 0.167. The van der Waals surface area contributed by atoms with Crippen LogP contribution in [0.15, 0.2) is 52.3 Å². The van der Waals surface area contributed by atoms with Crippen LogP contribution in [0.2, 0.25) is 0 Å². The van der Waals surface area contributed by atoms with Crippen molar-refractivity contribution in [3.63, 3.8) is 0 Å². The number of aliphatic imine (C=N–C) groups is 1. The molecule has 2 heterocycles. The van der Waals surface area contributed by atoms with Crippen molar-refractivity contribution in [3.8, 4) is 0 Å². The Hall–Kier alpha value is -2.10. The van der Waals surface area contributed by atoms with Gasteiger partial charge in [0.25, 0.3) is 0 Å². The van der Waals surface area contributed by atoms with E-state index < -0.39 is 5.91 Å². The van der Waals surface area contributed by atoms with Crippen LogP contribution in [0.1, 0.15) is 0 Å². The van der Waals surface area contributed by atoms with Crippen molar-refractivity contribution < 1.29 is 4.79 Å². The molecule has 0 aromatic rings. The zero-order valence-corrected chi connectivity index (χ0v) is 8.63. The average molecular weight is 213 g/mol. The molecule has 80 valence electrons. The lowest BCUT2D eigenvalue weighted by molar-refractivity contribution is -0.114. The maximum Gasteiger partial charge on any atom is 0.250 e. The fourth-order valence-electron chi connectivity index (χ4n) is 2.22. The van der Waals surface area contributed by atoms with E-state index in [2.05, 4.69) is 9.89 Å². The van der Waals surface area contributed by atoms with Gasteiger partial charge in [0.05, 0.1) is 23.9 Å². The highest BCUT2D eigenvalue weighted by Crippen LogP contribution is 2.31. The van der Waals surface area contributed by atoms with Crippen molar-refractivity contribution in [1.29, 1.82) is 0 Å². The Morgan fingerprint density at radius 3 is 3.25 bits per heavy atom. The fourth-order valence-corrected chi connectivity index (χ4v) is 2.22. The summed E-state index contributed by atoms with van der Waals surface area (Å²) in [6.07, 6.45) is 11.4. The summed E-state index contributed by atoms with van der Waals surface area (Å²) in [5, 5.41) is 0. The molecule has 2 N–H and O–H groups in total. The SMILES string of the molecule is NC(=O)C1=CN2CC=NC3=CC=CC(=C1)C32. The Bertz CT molecular complexity index is 508. The van der Waals surface area contributed by atoms with Gasteiger partial charge in [0.2, 0.25) is 5.91 Å². The summed E-state index contributed by atoms with van der Waals surface area (Å²) in [6, 6.07) is 0.151. The van der Waals surface area contributed by atoms with Crippen molar-refractivity contribution in [2.45, 2.75) is 6.04 Å². The molecule has 16 heavy (non-hydrogen) atoms. The number of carbonyl (C=O) groups excluding carboxylic acids is 1. The maximum atomic E-state index is 11.2. The van der Waals surface area contributed by atoms with Gasteiger partial charge in [-0.2, -0.15) is 0 Å². The molecule has 0 fully saturated rings. The first-order valence-electron chi connectivity index (χ1n) is 5.15. The van der Waals surface area contributed by atoms with Gasteiger partial charge >= 0.3 is 0 Å². The summed E-state index contributed by atoms with van der Waals surface area (Å²) in [6.45, 7) is 0.712. The Morgan fingerprint density at radius 2 is 2.44 bits per heavy atom. The first-order chi connectivity index (χ1) is 7.75. The lowest BCUT2D eigenvalue weighted by Gasteiger charge is -2.37. The zero-order chi connectivity index (χ0) is 11.1. The van der Waals surface area contributed by atoms with Gasteiger partial charge in [0.1, 0.15) is 0 Å². The molecule has 0 bridgehead atoms. The molecular formula is C12H11N3O. The van der Waals surface area contributed by atoms with Gasteiger partial charge in [-0.15, -0.1) is 0 Å². The summed E-state index contributed by atoms with van der Waals surface area (Å²) >= 11 is 0. The van der Waals surface area contributed by atoms with Crippen molar-refractivity contribution in [2.75, 3.05) is 6.54 Å². The minimum Gasteiger partial charge on any atom is -0.366 e. The van der Waals surface area contributed by atoms with Gasteiger partial charge in [0, 0.05) is 12.4 Å². The zero-order valence-electron chi connectivity index (χ0n) is 8.63. The van der Waals surface area contributed by atoms with Crippen molar-refractivity contribution in [2.24, 2.45) is 10.7 Å². The maximum absolute atomic E-state index is 11.2. The van der Waals surface area contributed by atoms with E-state index in [0.717, 1.165) is 11.3 Å². The van der Waals surface area contributed by atoms with Crippen LogP contribution < -0.4 is 5.73 Å². The van der Waals surface area contributed by atoms with Gasteiger partial charge in [-0.05, 0) is 17.7 Å². The van der Waals surface area contributed by atoms with Gasteiger partial charge in [-0.1, -0.05) is 12.2 Å². The van der Waals surface area contributed by atoms with Gasteiger partial charge in [0.15, 0.2) is 0 Å². The molecule has 1 unspecified atom stereocenters. The first kappa shape index (κ1) is 9.15. The molecule has 0 radical (unpaired) electrons. The molecule has 0 aromatic carbocycles. The quantitative estimate of drug-likeness (QED) is 0.689. The van der Waals surface area contributed by atoms with Crippen molar-refractivity contribution in [1.82, 2.24) is 4.90 Å². The van der Waals surface area contributed by atoms with Crippen molar-refractivity contribution in [3.05, 3.63) is 47.3 Å². The summed E-state index contributed by atoms with van der Waals surface area (Å²) in [4.78, 5) is 17.6. The van der Waals surface area contributed by atoms with Crippen LogP contribution in [0.3, 0.4) is 0 Å². The van der Waals surface area contributed by atoms with Crippen LogP contribution in [0.25, 0.3) is 0 Å². The summed E-state index contributed by atoms with van der Waals surface area (Å²) in [5.41, 5.74) is 7.94. The van der Waals surface area contributed by atoms with Crippen LogP contribution in [0.4, 0.5) is 0 Å². The number of carbonyl (C=O) groups is 1. The monoisotopic (exact) mass is 213 g/mol. The highest BCUT2D eigenvalue weighted by molar-refractivity contribution is 5.95. The lowest BCUT2D eigenvalue weighted by atomic mass is 9.91. The molecule has 1 atom stereocenters. The number of primary amides is 1. The van der Waals surface area contributed by atoms with E-state index >= 15 is 0 Å². The molecule has 4 heteroatoms. The number of amides is 1. The predicted octanol–water partition coefficient (Wildman–Crippen LogP) is 0.504. The highest BCUT2D eigenvalue weighted by Gasteiger charge is 2.30. The topological polar surface area (TPSA) is 58.7 Å². The number of allylic oxidation sites excluding steroid dienone is 2. The summed E-state index contributed by atoms with van der Waals surface area (Å²) in [7, 11) is 0. The molecule has 2 aliphatic heterocycles. The van der Waals surface area contributed by atoms with Crippen LogP contribution >= 0.6 is 0 Å². The van der Waals surface area contributed by atoms with E-state index in [9.17, 15) is 4.79 Å². The Labute approximate surface area is 93.1 Å². The number of rotatable bonds is 1. The van der Waals surface area contributed by atoms with Gasteiger partial charge in [-0.25, -0.2) is 0 Å². The predicted molar refractivity (Wildman–Crippen MR) is 61.6 cm³/mol. The Kier molecular flexibility index (Phi) is 1.83. The van der Waals surface area contributed by atoms with Crippen LogP contribution in [0, 0.1) is 0 Å². The van der Waals surface area contributed by atoms with Gasteiger partial charge in [-0.3, -0.25) is 9.79 Å².